The summed E-state index contributed by atoms with van der Waals surface area (Å²) in [6, 6.07) is 6.89. The van der Waals surface area contributed by atoms with Crippen molar-refractivity contribution in [3.63, 3.8) is 0 Å². The summed E-state index contributed by atoms with van der Waals surface area (Å²) in [7, 11) is 0. The van der Waals surface area contributed by atoms with Gasteiger partial charge in [-0.3, -0.25) is 4.79 Å². The Morgan fingerprint density at radius 2 is 2.29 bits per heavy atom. The largest absolute Gasteiger partial charge is 0.507 e. The van der Waals surface area contributed by atoms with E-state index in [1.165, 1.54) is 0 Å². The number of phenols is 1. The van der Waals surface area contributed by atoms with Gasteiger partial charge in [-0.1, -0.05) is 17.3 Å². The van der Waals surface area contributed by atoms with Crippen molar-refractivity contribution in [2.45, 2.75) is 31.5 Å². The third-order valence-corrected chi connectivity index (χ3v) is 3.70. The standard InChI is InChI=1S/C15H18N2O4/c18-13-6-2-1-5-11(13)12-8-14(21-17-12)15(19)16-9-10-4-3-7-20-10/h1-2,5-6,10,14,18H,3-4,7-9H2,(H,16,19)/t10-,14-/m0/s1. The molecule has 0 aromatic heterocycles. The maximum Gasteiger partial charge on any atom is 0.264 e. The molecule has 2 heterocycles. The van der Waals surface area contributed by atoms with Crippen LogP contribution in [-0.4, -0.2) is 42.1 Å². The fourth-order valence-electron chi connectivity index (χ4n) is 2.53. The summed E-state index contributed by atoms with van der Waals surface area (Å²) in [4.78, 5) is 17.2. The van der Waals surface area contributed by atoms with Crippen LogP contribution in [0.5, 0.6) is 5.75 Å². The van der Waals surface area contributed by atoms with E-state index in [0.29, 0.717) is 24.2 Å². The second-order valence-corrected chi connectivity index (χ2v) is 5.23. The van der Waals surface area contributed by atoms with Gasteiger partial charge in [0.25, 0.3) is 5.91 Å². The van der Waals surface area contributed by atoms with E-state index in [4.69, 9.17) is 9.57 Å². The maximum atomic E-state index is 12.0. The summed E-state index contributed by atoms with van der Waals surface area (Å²) >= 11 is 0. The second kappa shape index (κ2) is 6.13. The van der Waals surface area contributed by atoms with E-state index < -0.39 is 6.10 Å². The molecular formula is C15H18N2O4. The summed E-state index contributed by atoms with van der Waals surface area (Å²) < 4.78 is 5.45. The maximum absolute atomic E-state index is 12.0. The zero-order valence-corrected chi connectivity index (χ0v) is 11.6. The molecule has 3 rings (SSSR count). The highest BCUT2D eigenvalue weighted by atomic mass is 16.6. The van der Waals surface area contributed by atoms with Crippen LogP contribution in [0.25, 0.3) is 0 Å². The molecule has 0 saturated carbocycles. The number of phenolic OH excluding ortho intramolecular Hbond substituents is 1. The Bertz CT molecular complexity index is 552. The van der Waals surface area contributed by atoms with Gasteiger partial charge in [0, 0.05) is 25.1 Å². The number of nitrogens with zero attached hydrogens (tertiary/aromatic N) is 1. The lowest BCUT2D eigenvalue weighted by molar-refractivity contribution is -0.131. The monoisotopic (exact) mass is 290 g/mol. The fraction of sp³-hybridized carbons (Fsp3) is 0.467. The van der Waals surface area contributed by atoms with E-state index in [2.05, 4.69) is 10.5 Å². The number of aromatic hydroxyl groups is 1. The molecule has 0 unspecified atom stereocenters. The summed E-state index contributed by atoms with van der Waals surface area (Å²) in [5.41, 5.74) is 1.19. The van der Waals surface area contributed by atoms with Crippen LogP contribution in [0.4, 0.5) is 0 Å². The Balaban J connectivity index is 1.53. The predicted octanol–water partition coefficient (Wildman–Crippen LogP) is 1.18. The molecule has 0 aliphatic carbocycles. The topological polar surface area (TPSA) is 80.2 Å². The molecule has 1 fully saturated rings. The first-order chi connectivity index (χ1) is 10.2. The molecule has 112 valence electrons. The van der Waals surface area contributed by atoms with Gasteiger partial charge in [0.05, 0.1) is 11.8 Å². The van der Waals surface area contributed by atoms with Gasteiger partial charge in [-0.2, -0.15) is 0 Å². The molecule has 1 saturated heterocycles. The number of carbonyl (C=O) groups is 1. The number of carbonyl (C=O) groups excluding carboxylic acids is 1. The van der Waals surface area contributed by atoms with Crippen LogP contribution in [0, 0.1) is 0 Å². The Morgan fingerprint density at radius 3 is 3.05 bits per heavy atom. The highest BCUT2D eigenvalue weighted by Crippen LogP contribution is 2.23. The normalized spacial score (nSPS) is 24.5. The minimum atomic E-state index is -0.638. The molecule has 2 aliphatic heterocycles. The summed E-state index contributed by atoms with van der Waals surface area (Å²) in [6.45, 7) is 1.27. The summed E-state index contributed by atoms with van der Waals surface area (Å²) in [5.74, 6) is -0.0556. The number of nitrogens with one attached hydrogen (secondary N) is 1. The average molecular weight is 290 g/mol. The van der Waals surface area contributed by atoms with Crippen molar-refractivity contribution >= 4 is 11.6 Å². The van der Waals surface area contributed by atoms with Crippen molar-refractivity contribution in [3.05, 3.63) is 29.8 Å². The zero-order valence-electron chi connectivity index (χ0n) is 11.6. The first kappa shape index (κ1) is 13.9. The van der Waals surface area contributed by atoms with Gasteiger partial charge in [0.1, 0.15) is 5.75 Å². The molecule has 0 spiro atoms. The number of para-hydroxylation sites is 1. The molecular weight excluding hydrogens is 272 g/mol. The quantitative estimate of drug-likeness (QED) is 0.872. The van der Waals surface area contributed by atoms with Gasteiger partial charge >= 0.3 is 0 Å². The average Bonchev–Trinajstić information content (AvgIpc) is 3.17. The number of ether oxygens (including phenoxy) is 1. The smallest absolute Gasteiger partial charge is 0.264 e. The van der Waals surface area contributed by atoms with Gasteiger partial charge in [-0.15, -0.1) is 0 Å². The number of hydrogen-bond donors (Lipinski definition) is 2. The van der Waals surface area contributed by atoms with Crippen LogP contribution in [0.3, 0.4) is 0 Å². The van der Waals surface area contributed by atoms with Gasteiger partial charge in [-0.25, -0.2) is 0 Å². The van der Waals surface area contributed by atoms with Gasteiger partial charge in [-0.05, 0) is 25.0 Å². The number of rotatable bonds is 4. The minimum Gasteiger partial charge on any atom is -0.507 e. The van der Waals surface area contributed by atoms with Crippen LogP contribution < -0.4 is 5.32 Å². The molecule has 6 heteroatoms. The van der Waals surface area contributed by atoms with E-state index in [9.17, 15) is 9.90 Å². The van der Waals surface area contributed by atoms with Crippen molar-refractivity contribution in [1.82, 2.24) is 5.32 Å². The van der Waals surface area contributed by atoms with Crippen molar-refractivity contribution < 1.29 is 19.5 Å². The molecule has 2 atom stereocenters. The lowest BCUT2D eigenvalue weighted by atomic mass is 10.0. The highest BCUT2D eigenvalue weighted by molar-refractivity contribution is 6.05. The summed E-state index contributed by atoms with van der Waals surface area (Å²) in [6.07, 6.45) is 1.84. The molecule has 2 N–H and O–H groups in total. The molecule has 21 heavy (non-hydrogen) atoms. The van der Waals surface area contributed by atoms with Gasteiger partial charge in [0.2, 0.25) is 6.10 Å². The minimum absolute atomic E-state index is 0.105. The van der Waals surface area contributed by atoms with E-state index in [-0.39, 0.29) is 17.8 Å². The van der Waals surface area contributed by atoms with Crippen LogP contribution in [-0.2, 0) is 14.4 Å². The number of hydrogen-bond acceptors (Lipinski definition) is 5. The third kappa shape index (κ3) is 3.16. The van der Waals surface area contributed by atoms with Gasteiger partial charge in [0.15, 0.2) is 0 Å². The van der Waals surface area contributed by atoms with Crippen molar-refractivity contribution in [2.75, 3.05) is 13.2 Å². The van der Waals surface area contributed by atoms with Crippen molar-refractivity contribution in [1.29, 1.82) is 0 Å². The molecule has 2 aliphatic rings. The SMILES string of the molecule is O=C(NC[C@@H]1CCCO1)[C@@H]1CC(c2ccccc2O)=NO1. The fourth-order valence-corrected chi connectivity index (χ4v) is 2.53. The van der Waals surface area contributed by atoms with Crippen LogP contribution >= 0.6 is 0 Å². The molecule has 1 amide bonds. The van der Waals surface area contributed by atoms with Gasteiger partial charge < -0.3 is 20.0 Å². The predicted molar refractivity (Wildman–Crippen MR) is 76.1 cm³/mol. The van der Waals surface area contributed by atoms with Crippen LogP contribution in [0.2, 0.25) is 0 Å². The van der Waals surface area contributed by atoms with E-state index in [1.54, 1.807) is 18.2 Å². The second-order valence-electron chi connectivity index (χ2n) is 5.23. The molecule has 6 nitrogen and oxygen atoms in total. The molecule has 1 aromatic carbocycles. The lowest BCUT2D eigenvalue weighted by Crippen LogP contribution is -2.39. The van der Waals surface area contributed by atoms with Crippen molar-refractivity contribution in [3.8, 4) is 5.75 Å². The highest BCUT2D eigenvalue weighted by Gasteiger charge is 2.30. The molecule has 1 aromatic rings. The number of benzene rings is 1. The summed E-state index contributed by atoms with van der Waals surface area (Å²) in [5, 5.41) is 16.5. The Kier molecular flexibility index (Phi) is 4.06. The first-order valence-corrected chi connectivity index (χ1v) is 7.14. The Morgan fingerprint density at radius 1 is 1.43 bits per heavy atom. The van der Waals surface area contributed by atoms with E-state index in [0.717, 1.165) is 19.4 Å². The number of amides is 1. The first-order valence-electron chi connectivity index (χ1n) is 7.14. The number of oxime groups is 1. The van der Waals surface area contributed by atoms with Crippen LogP contribution in [0.1, 0.15) is 24.8 Å². The third-order valence-electron chi connectivity index (χ3n) is 3.70. The lowest BCUT2D eigenvalue weighted by Gasteiger charge is -2.13. The molecule has 0 bridgehead atoms. The van der Waals surface area contributed by atoms with Crippen molar-refractivity contribution in [2.24, 2.45) is 5.16 Å². The Labute approximate surface area is 122 Å². The molecule has 0 radical (unpaired) electrons. The zero-order chi connectivity index (χ0) is 14.7. The van der Waals surface area contributed by atoms with E-state index >= 15 is 0 Å². The van der Waals surface area contributed by atoms with E-state index in [1.807, 2.05) is 6.07 Å². The van der Waals surface area contributed by atoms with Crippen LogP contribution in [0.15, 0.2) is 29.4 Å². The Hall–Kier alpha value is -2.08.